The molecule has 0 atom stereocenters. The Labute approximate surface area is 747 Å². The molecule has 23 rings (SSSR count). The van der Waals surface area contributed by atoms with Crippen LogP contribution in [0.15, 0.2) is 414 Å². The van der Waals surface area contributed by atoms with E-state index in [1.807, 2.05) is 146 Å². The number of benzene rings is 16. The van der Waals surface area contributed by atoms with E-state index in [0.717, 1.165) is 165 Å². The maximum absolute atomic E-state index is 6.33. The molecule has 6 aromatic heterocycles. The van der Waals surface area contributed by atoms with Crippen molar-refractivity contribution in [2.24, 2.45) is 0 Å². The van der Waals surface area contributed by atoms with Crippen LogP contribution < -0.4 is 5.46 Å². The fourth-order valence-electron chi connectivity index (χ4n) is 16.1. The summed E-state index contributed by atoms with van der Waals surface area (Å²) in [6.45, 7) is 8.33. The number of furan rings is 2. The van der Waals surface area contributed by atoms with Gasteiger partial charge in [0.2, 0.25) is 11.4 Å². The van der Waals surface area contributed by atoms with Crippen LogP contribution in [0, 0.1) is 0 Å². The van der Waals surface area contributed by atoms with Crippen molar-refractivity contribution in [2.75, 3.05) is 0 Å². The predicted molar refractivity (Wildman–Crippen MR) is 521 cm³/mol. The summed E-state index contributed by atoms with van der Waals surface area (Å²) in [6, 6.07) is 137. The van der Waals surface area contributed by atoms with E-state index in [2.05, 4.69) is 308 Å². The Balaban J connectivity index is 0.000000131. The molecule has 1 aliphatic rings. The fraction of sp³-hybridized carbons (Fsp3) is 0.0536. The van der Waals surface area contributed by atoms with Crippen LogP contribution in [0.5, 0.6) is 0 Å². The topological polar surface area (TPSA) is 174 Å². The van der Waals surface area contributed by atoms with Gasteiger partial charge in [0.15, 0.2) is 34.9 Å². The summed E-state index contributed by atoms with van der Waals surface area (Å²) < 4.78 is 25.5. The monoisotopic (exact) mass is 1720 g/mol. The Morgan fingerprint density at radius 3 is 0.812 bits per heavy atom. The quantitative estimate of drug-likeness (QED) is 0.0941. The number of hydrogen-bond acceptors (Lipinski definition) is 14. The minimum atomic E-state index is -0.405. The SMILES string of the molecule is Brc1ccc2oc3nc4ccccc4nc3c2c1.CC1(C)OB(c2cccc(-c3cccc(-c4ccc(-c5nc(-c6ccccc6)nc(-c6ccc(-c7ccccc7)cc6)n5)cc4)c3)c2)OC1(C)C.c1ccc(-c2ccc(-c3nc(-c4ccccc4)nc(-c4ccc(-c5cccc(-c6cccc(-c7ccc8oc9nc%10ccccc%10nc9c8c7)c6)c5)cc4)n3)cc2)cc1. The van der Waals surface area contributed by atoms with E-state index < -0.39 is 7.12 Å². The summed E-state index contributed by atoms with van der Waals surface area (Å²) >= 11 is 3.46. The summed E-state index contributed by atoms with van der Waals surface area (Å²) in [5.41, 5.74) is 29.3. The Morgan fingerprint density at radius 2 is 0.453 bits per heavy atom. The highest BCUT2D eigenvalue weighted by atomic mass is 79.9. The Morgan fingerprint density at radius 1 is 0.211 bits per heavy atom. The molecule has 0 unspecified atom stereocenters. The molecule has 0 bridgehead atoms. The molecule has 16 heteroatoms. The van der Waals surface area contributed by atoms with E-state index in [4.69, 9.17) is 58.0 Å². The zero-order valence-corrected chi connectivity index (χ0v) is 71.8. The average Bonchev–Trinajstić information content (AvgIpc) is 1.59. The number of rotatable bonds is 14. The van der Waals surface area contributed by atoms with E-state index in [0.29, 0.717) is 46.4 Å². The van der Waals surface area contributed by atoms with Gasteiger partial charge >= 0.3 is 7.12 Å². The molecule has 0 N–H and O–H groups in total. The third-order valence-corrected chi connectivity index (χ3v) is 24.2. The lowest BCUT2D eigenvalue weighted by atomic mass is 9.78. The molecule has 0 spiro atoms. The van der Waals surface area contributed by atoms with Crippen LogP contribution in [0.3, 0.4) is 0 Å². The number of para-hydroxylation sites is 4. The number of halogens is 1. The molecular weight excluding hydrogens is 1640 g/mol. The standard InChI is InChI=1S/C53H33N5O.C45H38BN3O2.C14H7BrN2O/c1-3-11-34(12-4-1)35-21-25-38(26-22-35)51-56-50(37-13-5-2-6-14-37)57-52(58-51)39-27-23-36(24-28-39)40-15-9-16-41(31-40)42-17-10-18-43(32-42)44-29-30-48-45(33-44)49-53(59-48)55-47-20-8-7-19-46(47)54-49;1-44(2)45(3,4)51-46(50-44)40-20-12-19-39(30-40)38-18-11-17-37(29-38)33-23-27-36(28-24-33)43-48-41(34-15-9-6-10-16-34)47-42(49-43)35-25-21-32(22-26-35)31-13-7-5-8-14-31;15-8-5-6-12-9(7-8)13-14(18-12)17-11-4-2-1-3-10(11)16-13/h1-33H;5-30H,1-4H3;1-7H. The third kappa shape index (κ3) is 16.4. The summed E-state index contributed by atoms with van der Waals surface area (Å²) in [5, 5.41) is 1.94. The molecule has 0 aliphatic carbocycles. The van der Waals surface area contributed by atoms with Crippen LogP contribution in [0.4, 0.5) is 0 Å². The molecule has 1 fully saturated rings. The highest BCUT2D eigenvalue weighted by Gasteiger charge is 2.51. The van der Waals surface area contributed by atoms with Crippen molar-refractivity contribution in [3.63, 3.8) is 0 Å². The predicted octanol–water partition coefficient (Wildman–Crippen LogP) is 27.8. The molecule has 16 aromatic carbocycles. The number of hydrogen-bond donors (Lipinski definition) is 0. The first-order chi connectivity index (χ1) is 62.7. The van der Waals surface area contributed by atoms with Gasteiger partial charge in [-0.25, -0.2) is 49.8 Å². The molecule has 14 nitrogen and oxygen atoms in total. The second-order valence-electron chi connectivity index (χ2n) is 32.6. The van der Waals surface area contributed by atoms with Gasteiger partial charge in [-0.2, -0.15) is 0 Å². The summed E-state index contributed by atoms with van der Waals surface area (Å²) in [7, 11) is -0.405. The van der Waals surface area contributed by atoms with Gasteiger partial charge in [0.25, 0.3) is 0 Å². The van der Waals surface area contributed by atoms with Gasteiger partial charge < -0.3 is 18.1 Å². The largest absolute Gasteiger partial charge is 0.494 e. The number of nitrogens with zero attached hydrogens (tertiary/aromatic N) is 10. The van der Waals surface area contributed by atoms with Crippen LogP contribution in [-0.2, 0) is 9.31 Å². The van der Waals surface area contributed by atoms with Crippen molar-refractivity contribution in [2.45, 2.75) is 38.9 Å². The van der Waals surface area contributed by atoms with Crippen LogP contribution >= 0.6 is 15.9 Å². The van der Waals surface area contributed by atoms with E-state index >= 15 is 0 Å². The molecule has 1 saturated heterocycles. The molecule has 128 heavy (non-hydrogen) atoms. The van der Waals surface area contributed by atoms with Crippen molar-refractivity contribution in [1.29, 1.82) is 0 Å². The van der Waals surface area contributed by atoms with Gasteiger partial charge in [0.05, 0.1) is 33.3 Å². The molecule has 610 valence electrons. The highest BCUT2D eigenvalue weighted by molar-refractivity contribution is 9.10. The van der Waals surface area contributed by atoms with Crippen LogP contribution in [0.1, 0.15) is 27.7 Å². The molecule has 0 amide bonds. The van der Waals surface area contributed by atoms with E-state index in [1.165, 1.54) is 11.1 Å². The second kappa shape index (κ2) is 34.1. The third-order valence-electron chi connectivity index (χ3n) is 23.7. The Bertz CT molecular complexity index is 7870. The lowest BCUT2D eigenvalue weighted by molar-refractivity contribution is 0.00578. The van der Waals surface area contributed by atoms with Gasteiger partial charge in [-0.15, -0.1) is 0 Å². The first-order valence-corrected chi connectivity index (χ1v) is 43.3. The maximum atomic E-state index is 6.33. The van der Waals surface area contributed by atoms with Crippen molar-refractivity contribution in [3.8, 4) is 146 Å². The molecular formula is C112H78BBrN10O4. The summed E-state index contributed by atoms with van der Waals surface area (Å²) in [6.07, 6.45) is 0. The minimum Gasteiger partial charge on any atom is -0.436 e. The van der Waals surface area contributed by atoms with Gasteiger partial charge in [-0.05, 0) is 184 Å². The number of aromatic nitrogens is 10. The Hall–Kier alpha value is -15.7. The lowest BCUT2D eigenvalue weighted by Gasteiger charge is -2.32. The Kier molecular flexibility index (Phi) is 21.2. The molecule has 1 aliphatic heterocycles. The normalized spacial score (nSPS) is 12.8. The van der Waals surface area contributed by atoms with Crippen molar-refractivity contribution < 1.29 is 18.1 Å². The zero-order valence-electron chi connectivity index (χ0n) is 70.2. The van der Waals surface area contributed by atoms with Gasteiger partial charge in [0.1, 0.15) is 22.2 Å². The first kappa shape index (κ1) is 79.5. The fourth-order valence-corrected chi connectivity index (χ4v) is 16.5. The minimum absolute atomic E-state index is 0.389. The van der Waals surface area contributed by atoms with Crippen molar-refractivity contribution in [3.05, 3.63) is 405 Å². The van der Waals surface area contributed by atoms with Gasteiger partial charge in [0, 0.05) is 48.6 Å². The molecule has 0 radical (unpaired) electrons. The van der Waals surface area contributed by atoms with E-state index in [-0.39, 0.29) is 11.2 Å². The van der Waals surface area contributed by atoms with Crippen LogP contribution in [0.2, 0.25) is 0 Å². The lowest BCUT2D eigenvalue weighted by Crippen LogP contribution is -2.41. The maximum Gasteiger partial charge on any atom is 0.494 e. The summed E-state index contributed by atoms with van der Waals surface area (Å²) in [5.74, 6) is 3.80. The van der Waals surface area contributed by atoms with E-state index in [9.17, 15) is 0 Å². The second-order valence-corrected chi connectivity index (χ2v) is 33.5. The van der Waals surface area contributed by atoms with Crippen molar-refractivity contribution in [1.82, 2.24) is 49.8 Å². The smallest absolute Gasteiger partial charge is 0.436 e. The van der Waals surface area contributed by atoms with Crippen LogP contribution in [-0.4, -0.2) is 68.2 Å². The average molecular weight is 1720 g/mol. The number of fused-ring (bicyclic) bond motifs is 8. The van der Waals surface area contributed by atoms with Gasteiger partial charge in [-0.1, -0.05) is 344 Å². The van der Waals surface area contributed by atoms with E-state index in [1.54, 1.807) is 0 Å². The molecule has 22 aromatic rings. The zero-order chi connectivity index (χ0) is 86.2. The van der Waals surface area contributed by atoms with Crippen molar-refractivity contribution >= 4 is 95.0 Å². The highest BCUT2D eigenvalue weighted by Crippen LogP contribution is 2.41. The summed E-state index contributed by atoms with van der Waals surface area (Å²) in [4.78, 5) is 48.5. The van der Waals surface area contributed by atoms with Gasteiger partial charge in [-0.3, -0.25) is 0 Å². The first-order valence-electron chi connectivity index (χ1n) is 42.5. The molecule has 7 heterocycles. The van der Waals surface area contributed by atoms with Crippen LogP contribution in [0.25, 0.3) is 213 Å². The molecule has 0 saturated carbocycles.